The first kappa shape index (κ1) is 16.4. The predicted octanol–water partition coefficient (Wildman–Crippen LogP) is 0.850. The summed E-state index contributed by atoms with van der Waals surface area (Å²) in [5, 5.41) is 5.67. The molecule has 0 saturated heterocycles. The van der Waals surface area contributed by atoms with Crippen molar-refractivity contribution in [3.8, 4) is 0 Å². The van der Waals surface area contributed by atoms with E-state index < -0.39 is 9.84 Å². The molecule has 1 heterocycles. The van der Waals surface area contributed by atoms with Crippen LogP contribution in [-0.4, -0.2) is 44.4 Å². The molecular formula is C13H21N3O3S. The number of hydrogen-bond donors (Lipinski definition) is 2. The Morgan fingerprint density at radius 3 is 2.55 bits per heavy atom. The fourth-order valence-corrected chi connectivity index (χ4v) is 2.10. The fraction of sp³-hybridized carbons (Fsp3) is 0.538. The van der Waals surface area contributed by atoms with E-state index in [1.807, 2.05) is 13.8 Å². The Balaban J connectivity index is 2.78. The molecular weight excluding hydrogens is 278 g/mol. The Morgan fingerprint density at radius 1 is 1.30 bits per heavy atom. The Kier molecular flexibility index (Phi) is 5.94. The molecule has 0 unspecified atom stereocenters. The summed E-state index contributed by atoms with van der Waals surface area (Å²) in [7, 11) is -3.07. The van der Waals surface area contributed by atoms with Gasteiger partial charge in [0.2, 0.25) is 0 Å². The van der Waals surface area contributed by atoms with Gasteiger partial charge in [0.15, 0.2) is 0 Å². The molecule has 2 N–H and O–H groups in total. The summed E-state index contributed by atoms with van der Waals surface area (Å²) in [6.45, 7) is 4.74. The Labute approximate surface area is 119 Å². The first-order valence-corrected chi connectivity index (χ1v) is 8.62. The molecule has 7 heteroatoms. The van der Waals surface area contributed by atoms with Crippen molar-refractivity contribution < 1.29 is 13.2 Å². The van der Waals surface area contributed by atoms with Crippen LogP contribution in [-0.2, 0) is 16.3 Å². The Bertz CT molecular complexity index is 570. The van der Waals surface area contributed by atoms with Gasteiger partial charge in [0, 0.05) is 30.6 Å². The van der Waals surface area contributed by atoms with Crippen LogP contribution in [0.4, 0.5) is 5.82 Å². The van der Waals surface area contributed by atoms with E-state index in [-0.39, 0.29) is 18.2 Å². The lowest BCUT2D eigenvalue weighted by atomic mass is 10.2. The van der Waals surface area contributed by atoms with Crippen LogP contribution in [0.2, 0.25) is 0 Å². The largest absolute Gasteiger partial charge is 0.370 e. The van der Waals surface area contributed by atoms with E-state index in [0.29, 0.717) is 11.4 Å². The van der Waals surface area contributed by atoms with Crippen LogP contribution in [0, 0.1) is 0 Å². The molecule has 1 amide bonds. The number of nitrogens with one attached hydrogen (secondary N) is 2. The maximum absolute atomic E-state index is 12.0. The minimum Gasteiger partial charge on any atom is -0.370 e. The van der Waals surface area contributed by atoms with Gasteiger partial charge in [0.1, 0.15) is 15.7 Å². The molecule has 0 aliphatic carbocycles. The normalized spacial score (nSPS) is 11.2. The van der Waals surface area contributed by atoms with Crippen LogP contribution in [0.3, 0.4) is 0 Å². The van der Waals surface area contributed by atoms with Gasteiger partial charge >= 0.3 is 0 Å². The van der Waals surface area contributed by atoms with Gasteiger partial charge in [-0.15, -0.1) is 0 Å². The monoisotopic (exact) mass is 299 g/mol. The molecule has 0 atom stereocenters. The van der Waals surface area contributed by atoms with Gasteiger partial charge in [-0.3, -0.25) is 4.79 Å². The number of anilines is 1. The fourth-order valence-electron chi connectivity index (χ4n) is 1.62. The number of rotatable bonds is 7. The number of aryl methyl sites for hydroxylation is 1. The van der Waals surface area contributed by atoms with Crippen molar-refractivity contribution in [3.05, 3.63) is 23.4 Å². The van der Waals surface area contributed by atoms with Crippen LogP contribution in [0.1, 0.15) is 29.9 Å². The molecule has 0 aliphatic heterocycles. The Hall–Kier alpha value is -1.63. The molecule has 0 aliphatic rings. The van der Waals surface area contributed by atoms with E-state index in [1.54, 1.807) is 12.1 Å². The molecule has 0 saturated carbocycles. The van der Waals surface area contributed by atoms with Crippen molar-refractivity contribution in [3.63, 3.8) is 0 Å². The molecule has 0 spiro atoms. The molecule has 112 valence electrons. The van der Waals surface area contributed by atoms with Crippen molar-refractivity contribution in [1.82, 2.24) is 10.3 Å². The van der Waals surface area contributed by atoms with Gasteiger partial charge in [-0.2, -0.15) is 0 Å². The van der Waals surface area contributed by atoms with Crippen LogP contribution in [0.15, 0.2) is 12.1 Å². The third-order valence-electron chi connectivity index (χ3n) is 2.62. The van der Waals surface area contributed by atoms with Gasteiger partial charge < -0.3 is 10.6 Å². The highest BCUT2D eigenvalue weighted by molar-refractivity contribution is 7.90. The molecule has 0 bridgehead atoms. The van der Waals surface area contributed by atoms with Crippen LogP contribution in [0.5, 0.6) is 0 Å². The number of pyridine rings is 1. The molecule has 0 fully saturated rings. The summed E-state index contributed by atoms with van der Waals surface area (Å²) in [4.78, 5) is 16.4. The zero-order valence-electron chi connectivity index (χ0n) is 12.1. The van der Waals surface area contributed by atoms with E-state index in [1.165, 1.54) is 0 Å². The van der Waals surface area contributed by atoms with E-state index in [2.05, 4.69) is 15.6 Å². The highest BCUT2D eigenvalue weighted by Crippen LogP contribution is 2.11. The minimum atomic E-state index is -3.07. The second-order valence-electron chi connectivity index (χ2n) is 4.50. The molecule has 0 radical (unpaired) electrons. The number of carbonyl (C=O) groups is 1. The third kappa shape index (κ3) is 5.56. The number of sulfone groups is 1. The molecule has 20 heavy (non-hydrogen) atoms. The highest BCUT2D eigenvalue weighted by Gasteiger charge is 2.10. The standard InChI is InChI=1S/C13H21N3O3S/c1-4-11-8-10(9-12(16-11)14-5-2)13(17)15-6-7-20(3,18)19/h8-9H,4-7H2,1-3H3,(H,14,16)(H,15,17). The zero-order chi connectivity index (χ0) is 15.2. The number of aromatic nitrogens is 1. The maximum atomic E-state index is 12.0. The smallest absolute Gasteiger partial charge is 0.251 e. The SMILES string of the molecule is CCNc1cc(C(=O)NCCS(C)(=O)=O)cc(CC)n1. The lowest BCUT2D eigenvalue weighted by Gasteiger charge is -2.09. The number of hydrogen-bond acceptors (Lipinski definition) is 5. The maximum Gasteiger partial charge on any atom is 0.251 e. The zero-order valence-corrected chi connectivity index (χ0v) is 12.9. The molecule has 1 rings (SSSR count). The van der Waals surface area contributed by atoms with Crippen molar-refractivity contribution in [2.45, 2.75) is 20.3 Å². The summed E-state index contributed by atoms with van der Waals surface area (Å²) in [5.41, 5.74) is 1.30. The Morgan fingerprint density at radius 2 is 2.00 bits per heavy atom. The first-order chi connectivity index (χ1) is 9.35. The van der Waals surface area contributed by atoms with Crippen molar-refractivity contribution in [2.24, 2.45) is 0 Å². The number of nitrogens with zero attached hydrogens (tertiary/aromatic N) is 1. The van der Waals surface area contributed by atoms with E-state index in [4.69, 9.17) is 0 Å². The van der Waals surface area contributed by atoms with E-state index in [0.717, 1.165) is 24.9 Å². The lowest BCUT2D eigenvalue weighted by molar-refractivity contribution is 0.0956. The summed E-state index contributed by atoms with van der Waals surface area (Å²) >= 11 is 0. The average molecular weight is 299 g/mol. The lowest BCUT2D eigenvalue weighted by Crippen LogP contribution is -2.29. The van der Waals surface area contributed by atoms with Gasteiger partial charge in [0.05, 0.1) is 5.75 Å². The third-order valence-corrected chi connectivity index (χ3v) is 3.56. The van der Waals surface area contributed by atoms with Crippen molar-refractivity contribution in [2.75, 3.05) is 30.4 Å². The minimum absolute atomic E-state index is 0.0650. The van der Waals surface area contributed by atoms with Crippen LogP contribution < -0.4 is 10.6 Å². The highest BCUT2D eigenvalue weighted by atomic mass is 32.2. The summed E-state index contributed by atoms with van der Waals surface area (Å²) in [5.74, 6) is 0.301. The molecule has 0 aromatic carbocycles. The average Bonchev–Trinajstić information content (AvgIpc) is 2.37. The quantitative estimate of drug-likeness (QED) is 0.779. The number of carbonyl (C=O) groups excluding carboxylic acids is 1. The van der Waals surface area contributed by atoms with E-state index >= 15 is 0 Å². The topological polar surface area (TPSA) is 88.2 Å². The van der Waals surface area contributed by atoms with E-state index in [9.17, 15) is 13.2 Å². The number of amides is 1. The summed E-state index contributed by atoms with van der Waals surface area (Å²) in [6, 6.07) is 3.38. The molecule has 6 nitrogen and oxygen atoms in total. The summed E-state index contributed by atoms with van der Waals surface area (Å²) in [6.07, 6.45) is 1.87. The van der Waals surface area contributed by atoms with Crippen LogP contribution >= 0.6 is 0 Å². The summed E-state index contributed by atoms with van der Waals surface area (Å²) < 4.78 is 22.0. The predicted molar refractivity (Wildman–Crippen MR) is 79.8 cm³/mol. The van der Waals surface area contributed by atoms with Crippen molar-refractivity contribution in [1.29, 1.82) is 0 Å². The second kappa shape index (κ2) is 7.23. The first-order valence-electron chi connectivity index (χ1n) is 6.56. The molecule has 1 aromatic heterocycles. The second-order valence-corrected chi connectivity index (χ2v) is 6.76. The van der Waals surface area contributed by atoms with Crippen LogP contribution in [0.25, 0.3) is 0 Å². The van der Waals surface area contributed by atoms with Crippen molar-refractivity contribution >= 4 is 21.6 Å². The van der Waals surface area contributed by atoms with Gasteiger partial charge in [-0.1, -0.05) is 6.92 Å². The molecule has 1 aromatic rings. The van der Waals surface area contributed by atoms with Gasteiger partial charge in [-0.25, -0.2) is 13.4 Å². The van der Waals surface area contributed by atoms with Gasteiger partial charge in [0.25, 0.3) is 5.91 Å². The van der Waals surface area contributed by atoms with Gasteiger partial charge in [-0.05, 0) is 25.5 Å².